The van der Waals surface area contributed by atoms with Gasteiger partial charge in [0.1, 0.15) is 0 Å². The number of anilines is 3. The Bertz CT molecular complexity index is 1220. The van der Waals surface area contributed by atoms with E-state index >= 15 is 0 Å². The van der Waals surface area contributed by atoms with Gasteiger partial charge in [-0.25, -0.2) is 9.61 Å². The summed E-state index contributed by atoms with van der Waals surface area (Å²) in [5.74, 6) is 1.03. The predicted molar refractivity (Wildman–Crippen MR) is 132 cm³/mol. The molecule has 172 valence electrons. The summed E-state index contributed by atoms with van der Waals surface area (Å²) in [5.41, 5.74) is 4.60. The molecule has 3 aromatic rings. The molecule has 33 heavy (non-hydrogen) atoms. The topological polar surface area (TPSA) is 148 Å². The van der Waals surface area contributed by atoms with E-state index in [1.807, 2.05) is 6.08 Å². The van der Waals surface area contributed by atoms with Gasteiger partial charge in [0, 0.05) is 16.8 Å². The van der Waals surface area contributed by atoms with Crippen LogP contribution in [0, 0.1) is 5.92 Å². The summed E-state index contributed by atoms with van der Waals surface area (Å²) in [6.07, 6.45) is 8.92. The Labute approximate surface area is 203 Å². The van der Waals surface area contributed by atoms with Crippen molar-refractivity contribution in [3.8, 4) is 5.75 Å². The number of allylic oxidation sites excluding steroid dienone is 2. The molecule has 0 amide bonds. The molecule has 11 nitrogen and oxygen atoms in total. The Morgan fingerprint density at radius 2 is 2.03 bits per heavy atom. The molecule has 3 N–H and O–H groups in total. The van der Waals surface area contributed by atoms with Crippen LogP contribution < -0.4 is 20.9 Å². The van der Waals surface area contributed by atoms with Crippen molar-refractivity contribution in [2.45, 2.75) is 25.8 Å². The third-order valence-corrected chi connectivity index (χ3v) is 5.81. The van der Waals surface area contributed by atoms with E-state index in [1.54, 1.807) is 18.3 Å². The fourth-order valence-electron chi connectivity index (χ4n) is 3.29. The number of aryl methyl sites for hydroxylation is 1. The molecule has 12 heteroatoms. The summed E-state index contributed by atoms with van der Waals surface area (Å²) in [6.45, 7) is 2.11. The number of fused-ring (bicyclic) bond motifs is 1. The largest absolute Gasteiger partial charge is 0.872 e. The maximum atomic E-state index is 12.0. The van der Waals surface area contributed by atoms with Gasteiger partial charge in [-0.3, -0.25) is 15.7 Å². The van der Waals surface area contributed by atoms with Gasteiger partial charge in [0.2, 0.25) is 11.3 Å². The van der Waals surface area contributed by atoms with Gasteiger partial charge >= 0.3 is 0 Å². The second-order valence-corrected chi connectivity index (χ2v) is 8.80. The van der Waals surface area contributed by atoms with E-state index in [2.05, 4.69) is 77.8 Å². The van der Waals surface area contributed by atoms with E-state index < -0.39 is 0 Å². The third kappa shape index (κ3) is 5.57. The average Bonchev–Trinajstić information content (AvgIpc) is 3.23. The first-order chi connectivity index (χ1) is 15.9. The molecule has 2 atom stereocenters. The van der Waals surface area contributed by atoms with Gasteiger partial charge in [-0.05, 0) is 63.8 Å². The first-order valence-electron chi connectivity index (χ1n) is 10.2. The molecular formula is C21H22IN8O3-. The van der Waals surface area contributed by atoms with Crippen LogP contribution in [-0.4, -0.2) is 44.8 Å². The Morgan fingerprint density at radius 3 is 2.76 bits per heavy atom. The maximum absolute atomic E-state index is 12.0. The molecule has 1 aromatic carbocycles. The van der Waals surface area contributed by atoms with Crippen LogP contribution >= 0.6 is 22.6 Å². The van der Waals surface area contributed by atoms with Gasteiger partial charge in [0.25, 0.3) is 0 Å². The molecule has 0 radical (unpaired) electrons. The Hall–Kier alpha value is -3.26. The van der Waals surface area contributed by atoms with Crippen molar-refractivity contribution in [2.75, 3.05) is 22.9 Å². The SMILES string of the molecule is CC1C=C(I)C=CC1Nc1nc2nonc2nc1N/N=C/CCc1cc(N(C)O)ccc1[O-]. The first kappa shape index (κ1) is 22.9. The second kappa shape index (κ2) is 10.1. The molecular weight excluding hydrogens is 539 g/mol. The molecule has 2 aromatic heterocycles. The monoisotopic (exact) mass is 561 g/mol. The van der Waals surface area contributed by atoms with E-state index in [0.717, 1.165) is 5.06 Å². The van der Waals surface area contributed by atoms with Crippen LogP contribution in [-0.2, 0) is 6.42 Å². The second-order valence-electron chi connectivity index (χ2n) is 7.55. The van der Waals surface area contributed by atoms with Gasteiger partial charge in [0.15, 0.2) is 11.6 Å². The molecule has 0 saturated carbocycles. The number of aromatic nitrogens is 4. The van der Waals surface area contributed by atoms with Gasteiger partial charge in [-0.2, -0.15) is 10.1 Å². The minimum Gasteiger partial charge on any atom is -0.872 e. The van der Waals surface area contributed by atoms with Crippen molar-refractivity contribution in [3.63, 3.8) is 0 Å². The van der Waals surface area contributed by atoms with E-state index in [0.29, 0.717) is 41.4 Å². The van der Waals surface area contributed by atoms with Crippen LogP contribution in [0.1, 0.15) is 18.9 Å². The summed E-state index contributed by atoms with van der Waals surface area (Å²) in [4.78, 5) is 8.86. The highest BCUT2D eigenvalue weighted by molar-refractivity contribution is 14.1. The summed E-state index contributed by atoms with van der Waals surface area (Å²) in [5, 5.41) is 37.7. The lowest BCUT2D eigenvalue weighted by Crippen LogP contribution is -2.26. The number of hydrogen-bond donors (Lipinski definition) is 3. The Balaban J connectivity index is 1.45. The number of hydrogen-bond acceptors (Lipinski definition) is 11. The van der Waals surface area contributed by atoms with Gasteiger partial charge in [-0.15, -0.1) is 5.75 Å². The van der Waals surface area contributed by atoms with Crippen LogP contribution in [0.2, 0.25) is 0 Å². The van der Waals surface area contributed by atoms with E-state index in [9.17, 15) is 10.3 Å². The number of benzene rings is 1. The quantitative estimate of drug-likeness (QED) is 0.213. The lowest BCUT2D eigenvalue weighted by molar-refractivity contribution is -0.269. The molecule has 4 rings (SSSR count). The lowest BCUT2D eigenvalue weighted by atomic mass is 9.97. The smallest absolute Gasteiger partial charge is 0.245 e. The fourth-order valence-corrected chi connectivity index (χ4v) is 4.06. The summed E-state index contributed by atoms with van der Waals surface area (Å²) < 4.78 is 5.92. The predicted octanol–water partition coefficient (Wildman–Crippen LogP) is 3.25. The standard InChI is InChI=1S/C21H23IN8O3/c1-12-10-14(22)5-7-16(12)24-18-19(26-21-20(25-18)28-33-29-21)27-23-9-3-4-13-11-15(30(2)32)6-8-17(13)31/h5-12,16,31-32H,3-4H2,1-2H3,(H,24,25,28)(H,26,27,29)/p-1/b23-9+. The van der Waals surface area contributed by atoms with Crippen LogP contribution in [0.5, 0.6) is 5.75 Å². The zero-order valence-corrected chi connectivity index (χ0v) is 20.1. The van der Waals surface area contributed by atoms with Crippen molar-refractivity contribution in [1.29, 1.82) is 0 Å². The van der Waals surface area contributed by atoms with Gasteiger partial charge in [0.05, 0.1) is 11.7 Å². The van der Waals surface area contributed by atoms with Gasteiger partial charge < -0.3 is 10.4 Å². The summed E-state index contributed by atoms with van der Waals surface area (Å²) >= 11 is 2.29. The average molecular weight is 561 g/mol. The van der Waals surface area contributed by atoms with E-state index in [4.69, 9.17) is 4.63 Å². The normalized spacial score (nSPS) is 18.0. The van der Waals surface area contributed by atoms with E-state index in [1.165, 1.54) is 16.7 Å². The van der Waals surface area contributed by atoms with Crippen LogP contribution in [0.4, 0.5) is 17.3 Å². The molecule has 1 aliphatic carbocycles. The number of hydroxylamine groups is 1. The molecule has 0 aliphatic heterocycles. The van der Waals surface area contributed by atoms with Crippen LogP contribution in [0.25, 0.3) is 11.3 Å². The highest BCUT2D eigenvalue weighted by Gasteiger charge is 2.20. The van der Waals surface area contributed by atoms with Crippen LogP contribution in [0.3, 0.4) is 0 Å². The zero-order chi connectivity index (χ0) is 23.4. The fraction of sp³-hybridized carbons (Fsp3) is 0.286. The molecule has 0 fully saturated rings. The zero-order valence-electron chi connectivity index (χ0n) is 17.9. The minimum absolute atomic E-state index is 0.0204. The highest BCUT2D eigenvalue weighted by atomic mass is 127. The van der Waals surface area contributed by atoms with E-state index in [-0.39, 0.29) is 23.4 Å². The molecule has 0 saturated heterocycles. The first-order valence-corrected chi connectivity index (χ1v) is 11.3. The number of halogens is 1. The van der Waals surface area contributed by atoms with Crippen molar-refractivity contribution >= 4 is 57.4 Å². The van der Waals surface area contributed by atoms with Crippen molar-refractivity contribution in [2.24, 2.45) is 11.0 Å². The number of hydrazone groups is 1. The minimum atomic E-state index is -0.0818. The van der Waals surface area contributed by atoms with Crippen molar-refractivity contribution < 1.29 is 14.9 Å². The van der Waals surface area contributed by atoms with Crippen LogP contribution in [0.15, 0.2) is 49.7 Å². The van der Waals surface area contributed by atoms with Crippen molar-refractivity contribution in [1.82, 2.24) is 20.3 Å². The molecule has 2 heterocycles. The summed E-state index contributed by atoms with van der Waals surface area (Å²) in [6, 6.07) is 4.70. The number of nitrogens with one attached hydrogen (secondary N) is 2. The van der Waals surface area contributed by atoms with Crippen molar-refractivity contribution in [3.05, 3.63) is 45.6 Å². The maximum Gasteiger partial charge on any atom is 0.245 e. The lowest BCUT2D eigenvalue weighted by Gasteiger charge is -2.24. The molecule has 1 aliphatic rings. The van der Waals surface area contributed by atoms with Gasteiger partial charge in [-0.1, -0.05) is 36.8 Å². The molecule has 0 bridgehead atoms. The molecule has 2 unspecified atom stereocenters. The molecule has 0 spiro atoms. The third-order valence-electron chi connectivity index (χ3n) is 5.09. The highest BCUT2D eigenvalue weighted by Crippen LogP contribution is 2.27. The Kier molecular flexibility index (Phi) is 7.03. The number of nitrogens with zero attached hydrogens (tertiary/aromatic N) is 6. The summed E-state index contributed by atoms with van der Waals surface area (Å²) in [7, 11) is 1.50. The number of rotatable bonds is 8. The Morgan fingerprint density at radius 1 is 1.27 bits per heavy atom.